The normalized spacial score (nSPS) is 20.4. The van der Waals surface area contributed by atoms with Gasteiger partial charge in [0.15, 0.2) is 6.61 Å². The van der Waals surface area contributed by atoms with Gasteiger partial charge in [0.25, 0.3) is 0 Å². The highest BCUT2D eigenvalue weighted by molar-refractivity contribution is 7.15. The Balaban J connectivity index is 1.47. The number of carboxylic acids is 1. The number of nitrogens with zero attached hydrogens (tertiary/aromatic N) is 1. The summed E-state index contributed by atoms with van der Waals surface area (Å²) in [5, 5.41) is 8.87. The third kappa shape index (κ3) is 5.62. The van der Waals surface area contributed by atoms with Gasteiger partial charge in [0.2, 0.25) is 0 Å². The second-order valence-electron chi connectivity index (χ2n) is 9.22. The van der Waals surface area contributed by atoms with E-state index in [9.17, 15) is 18.0 Å². The molecule has 4 nitrogen and oxygen atoms in total. The van der Waals surface area contributed by atoms with Crippen LogP contribution in [0.2, 0.25) is 0 Å². The maximum atomic E-state index is 12.9. The maximum Gasteiger partial charge on any atom is 0.416 e. The molecule has 180 valence electrons. The lowest BCUT2D eigenvalue weighted by atomic mass is 9.95. The van der Waals surface area contributed by atoms with Gasteiger partial charge >= 0.3 is 12.1 Å². The number of ether oxygens (including phenoxy) is 1. The summed E-state index contributed by atoms with van der Waals surface area (Å²) in [4.78, 5) is 13.0. The molecule has 0 bridgehead atoms. The third-order valence-electron chi connectivity index (χ3n) is 6.34. The Labute approximate surface area is 200 Å². The number of benzene rings is 2. The van der Waals surface area contributed by atoms with Crippen molar-refractivity contribution >= 4 is 17.3 Å². The smallest absolute Gasteiger partial charge is 0.416 e. The molecule has 3 aromatic rings. The maximum absolute atomic E-state index is 12.9. The number of rotatable bonds is 6. The zero-order chi connectivity index (χ0) is 24.5. The predicted molar refractivity (Wildman–Crippen MR) is 126 cm³/mol. The Morgan fingerprint density at radius 1 is 1.15 bits per heavy atom. The van der Waals surface area contributed by atoms with Crippen molar-refractivity contribution in [3.63, 3.8) is 0 Å². The molecule has 0 spiro atoms. The Morgan fingerprint density at radius 2 is 1.88 bits per heavy atom. The van der Waals surface area contributed by atoms with E-state index in [0.717, 1.165) is 53.1 Å². The van der Waals surface area contributed by atoms with Crippen LogP contribution in [0.5, 0.6) is 5.75 Å². The number of thiophene rings is 1. The van der Waals surface area contributed by atoms with Gasteiger partial charge in [0, 0.05) is 17.2 Å². The van der Waals surface area contributed by atoms with Gasteiger partial charge in [-0.1, -0.05) is 25.1 Å². The largest absolute Gasteiger partial charge is 0.482 e. The number of fused-ring (bicyclic) bond motifs is 1. The van der Waals surface area contributed by atoms with E-state index in [-0.39, 0.29) is 12.5 Å². The van der Waals surface area contributed by atoms with Crippen molar-refractivity contribution in [1.29, 1.82) is 0 Å². The fourth-order valence-corrected chi connectivity index (χ4v) is 5.88. The molecule has 0 fully saturated rings. The highest BCUT2D eigenvalue weighted by Gasteiger charge is 2.32. The first-order chi connectivity index (χ1) is 16.0. The molecule has 1 aliphatic rings. The minimum Gasteiger partial charge on any atom is -0.482 e. The molecule has 2 unspecified atom stereocenters. The lowest BCUT2D eigenvalue weighted by molar-refractivity contribution is -0.922. The van der Waals surface area contributed by atoms with Crippen LogP contribution in [-0.4, -0.2) is 42.3 Å². The van der Waals surface area contributed by atoms with Crippen LogP contribution in [0.3, 0.4) is 0 Å². The molecule has 0 amide bonds. The van der Waals surface area contributed by atoms with Gasteiger partial charge in [-0.05, 0) is 53.1 Å². The molecule has 1 aliphatic heterocycles. The van der Waals surface area contributed by atoms with Crippen LogP contribution in [0, 0.1) is 0 Å². The summed E-state index contributed by atoms with van der Waals surface area (Å²) < 4.78 is 44.8. The van der Waals surface area contributed by atoms with E-state index in [0.29, 0.717) is 5.75 Å². The zero-order valence-electron chi connectivity index (χ0n) is 19.1. The summed E-state index contributed by atoms with van der Waals surface area (Å²) in [7, 11) is 2.24. The fourth-order valence-electron chi connectivity index (χ4n) is 4.70. The Bertz CT molecular complexity index is 1170. The highest BCUT2D eigenvalue weighted by Crippen LogP contribution is 2.36. The molecule has 1 N–H and O–H groups in total. The van der Waals surface area contributed by atoms with E-state index < -0.39 is 17.7 Å². The minimum atomic E-state index is -4.33. The number of hydrogen-bond donors (Lipinski definition) is 1. The molecule has 8 heteroatoms. The molecular formula is C26H27F3NO3S+. The lowest BCUT2D eigenvalue weighted by Gasteiger charge is -2.34. The Hall–Kier alpha value is -2.84. The first kappa shape index (κ1) is 24.3. The number of quaternary nitrogens is 1. The van der Waals surface area contributed by atoms with E-state index in [1.54, 1.807) is 11.3 Å². The molecule has 0 saturated carbocycles. The second-order valence-corrected chi connectivity index (χ2v) is 10.4. The number of halogens is 3. The third-order valence-corrected chi connectivity index (χ3v) is 7.46. The van der Waals surface area contributed by atoms with Crippen molar-refractivity contribution in [1.82, 2.24) is 0 Å². The van der Waals surface area contributed by atoms with E-state index in [4.69, 9.17) is 9.84 Å². The van der Waals surface area contributed by atoms with E-state index >= 15 is 0 Å². The van der Waals surface area contributed by atoms with Gasteiger partial charge in [0.05, 0.1) is 30.6 Å². The van der Waals surface area contributed by atoms with Crippen molar-refractivity contribution in [3.05, 3.63) is 76.2 Å². The summed E-state index contributed by atoms with van der Waals surface area (Å²) >= 11 is 1.62. The van der Waals surface area contributed by atoms with E-state index in [1.165, 1.54) is 28.1 Å². The van der Waals surface area contributed by atoms with Gasteiger partial charge in [-0.25, -0.2) is 4.79 Å². The first-order valence-electron chi connectivity index (χ1n) is 11.1. The summed E-state index contributed by atoms with van der Waals surface area (Å²) in [5.41, 5.74) is 2.60. The highest BCUT2D eigenvalue weighted by atomic mass is 32.1. The molecular weight excluding hydrogens is 463 g/mol. The number of likely N-dealkylation sites (N-methyl/N-ethyl adjacent to an activating group) is 1. The quantitative estimate of drug-likeness (QED) is 0.418. The fraction of sp³-hybridized carbons (Fsp3) is 0.346. The molecule has 34 heavy (non-hydrogen) atoms. The van der Waals surface area contributed by atoms with Crippen LogP contribution in [0.15, 0.2) is 54.6 Å². The van der Waals surface area contributed by atoms with Gasteiger partial charge < -0.3 is 14.3 Å². The van der Waals surface area contributed by atoms with Crippen LogP contribution in [0.4, 0.5) is 13.2 Å². The minimum absolute atomic E-state index is 0.269. The van der Waals surface area contributed by atoms with Gasteiger partial charge in [0.1, 0.15) is 12.3 Å². The van der Waals surface area contributed by atoms with Crippen molar-refractivity contribution < 1.29 is 32.3 Å². The van der Waals surface area contributed by atoms with Crippen molar-refractivity contribution in [3.8, 4) is 16.2 Å². The second kappa shape index (κ2) is 9.43. The predicted octanol–water partition coefficient (Wildman–Crippen LogP) is 6.20. The van der Waals surface area contributed by atoms with Crippen molar-refractivity contribution in [2.45, 2.75) is 32.0 Å². The lowest BCUT2D eigenvalue weighted by Crippen LogP contribution is -2.45. The molecule has 2 aromatic carbocycles. The van der Waals surface area contributed by atoms with Gasteiger partial charge in [-0.2, -0.15) is 13.2 Å². The van der Waals surface area contributed by atoms with E-state index in [2.05, 4.69) is 20.0 Å². The molecule has 0 saturated heterocycles. The van der Waals surface area contributed by atoms with E-state index in [1.807, 2.05) is 24.3 Å². The van der Waals surface area contributed by atoms with Crippen LogP contribution >= 0.6 is 11.3 Å². The zero-order valence-corrected chi connectivity index (χ0v) is 19.9. The number of carboxylic acid groups (broad SMARTS) is 1. The SMILES string of the molecule is CC1C[N+](C)(Cc2ccc(-c3ccc(C(F)(F)F)cc3)s2)CCc2ccc(OCC(=O)O)cc21. The summed E-state index contributed by atoms with van der Waals surface area (Å²) in [6.45, 7) is 4.54. The average Bonchev–Trinajstić information content (AvgIpc) is 3.19. The topological polar surface area (TPSA) is 46.5 Å². The van der Waals surface area contributed by atoms with Crippen LogP contribution < -0.4 is 4.74 Å². The molecule has 1 aromatic heterocycles. The Morgan fingerprint density at radius 3 is 2.56 bits per heavy atom. The molecule has 2 atom stereocenters. The molecule has 0 aliphatic carbocycles. The molecule has 4 rings (SSSR count). The summed E-state index contributed by atoms with van der Waals surface area (Å²) in [5.74, 6) is -0.160. The monoisotopic (exact) mass is 490 g/mol. The van der Waals surface area contributed by atoms with Crippen molar-refractivity contribution in [2.75, 3.05) is 26.7 Å². The van der Waals surface area contributed by atoms with Crippen LogP contribution in [0.25, 0.3) is 10.4 Å². The van der Waals surface area contributed by atoms with Crippen LogP contribution in [0.1, 0.15) is 34.4 Å². The molecule has 0 radical (unpaired) electrons. The standard InChI is InChI=1S/C26H26F3NO3S/c1-17-14-30(2,12-11-18-5-8-21(13-23(17)18)33-16-25(31)32)15-22-9-10-24(34-22)19-3-6-20(7-4-19)26(27,28)29/h3-10,13,17H,11-12,14-16H2,1-2H3/p+1. The van der Waals surface area contributed by atoms with Gasteiger partial charge in [-0.3, -0.25) is 0 Å². The van der Waals surface area contributed by atoms with Gasteiger partial charge in [-0.15, -0.1) is 11.3 Å². The number of carbonyl (C=O) groups is 1. The summed E-state index contributed by atoms with van der Waals surface area (Å²) in [6.07, 6.45) is -3.42. The van der Waals surface area contributed by atoms with Crippen molar-refractivity contribution in [2.24, 2.45) is 0 Å². The summed E-state index contributed by atoms with van der Waals surface area (Å²) in [6, 6.07) is 15.2. The number of hydrogen-bond acceptors (Lipinski definition) is 3. The Kier molecular flexibility index (Phi) is 6.73. The van der Waals surface area contributed by atoms with Crippen LogP contribution in [-0.2, 0) is 23.9 Å². The average molecular weight is 491 g/mol. The number of alkyl halides is 3. The first-order valence-corrected chi connectivity index (χ1v) is 11.9. The number of aliphatic carboxylic acids is 1. The molecule has 2 heterocycles.